The average molecular weight is 277 g/mol. The van der Waals surface area contributed by atoms with Crippen LogP contribution in [0.15, 0.2) is 29.2 Å². The maximum Gasteiger partial charge on any atom is 0.261 e. The summed E-state index contributed by atoms with van der Waals surface area (Å²) in [5.74, 6) is 0. The Morgan fingerprint density at radius 1 is 1.24 bits per heavy atom. The molecule has 0 unspecified atom stereocenters. The van der Waals surface area contributed by atoms with E-state index in [9.17, 15) is 8.42 Å². The molecular formula is C12H17ClO3S. The van der Waals surface area contributed by atoms with Crippen LogP contribution in [0.25, 0.3) is 0 Å². The first-order chi connectivity index (χ1) is 7.99. The highest BCUT2D eigenvalue weighted by atomic mass is 35.7. The normalized spacial score (nSPS) is 13.6. The average Bonchev–Trinajstić information content (AvgIpc) is 2.29. The van der Waals surface area contributed by atoms with Crippen molar-refractivity contribution in [3.8, 4) is 0 Å². The highest BCUT2D eigenvalue weighted by molar-refractivity contribution is 8.13. The minimum Gasteiger partial charge on any atom is -0.374 e. The Bertz CT molecular complexity index is 439. The van der Waals surface area contributed by atoms with E-state index in [1.165, 1.54) is 12.1 Å². The summed E-state index contributed by atoms with van der Waals surface area (Å²) in [7, 11) is 1.61. The van der Waals surface area contributed by atoms with Gasteiger partial charge in [0.25, 0.3) is 9.05 Å². The number of hydrogen-bond donors (Lipinski definition) is 0. The summed E-state index contributed by atoms with van der Waals surface area (Å²) in [5.41, 5.74) is 0.977. The van der Waals surface area contributed by atoms with Crippen molar-refractivity contribution in [1.82, 2.24) is 0 Å². The minimum absolute atomic E-state index is 0.0158. The largest absolute Gasteiger partial charge is 0.374 e. The molecular weight excluding hydrogens is 260 g/mol. The Kier molecular flexibility index (Phi) is 5.43. The number of rotatable bonds is 6. The van der Waals surface area contributed by atoms with E-state index in [4.69, 9.17) is 15.4 Å². The molecule has 0 fully saturated rings. The van der Waals surface area contributed by atoms with Gasteiger partial charge in [-0.15, -0.1) is 0 Å². The molecule has 0 amide bonds. The molecule has 0 aliphatic heterocycles. The van der Waals surface area contributed by atoms with Crippen LogP contribution in [0.5, 0.6) is 0 Å². The third kappa shape index (κ3) is 4.30. The molecule has 0 spiro atoms. The third-order valence-corrected chi connectivity index (χ3v) is 3.80. The second kappa shape index (κ2) is 6.38. The van der Waals surface area contributed by atoms with Gasteiger partial charge in [-0.3, -0.25) is 0 Å². The van der Waals surface area contributed by atoms with Crippen LogP contribution in [0.4, 0.5) is 0 Å². The first-order valence-electron chi connectivity index (χ1n) is 5.65. The standard InChI is InChI=1S/C12H17ClO3S/c1-3-9-16-12(4-2)10-5-7-11(8-6-10)17(13,14)15/h5-8,12H,3-4,9H2,1-2H3/t12-/m0/s1. The fourth-order valence-corrected chi connectivity index (χ4v) is 2.32. The summed E-state index contributed by atoms with van der Waals surface area (Å²) in [5, 5.41) is 0. The van der Waals surface area contributed by atoms with Crippen molar-refractivity contribution < 1.29 is 13.2 Å². The van der Waals surface area contributed by atoms with Crippen LogP contribution in [-0.4, -0.2) is 15.0 Å². The molecule has 3 nitrogen and oxygen atoms in total. The smallest absolute Gasteiger partial charge is 0.261 e. The predicted molar refractivity (Wildman–Crippen MR) is 68.8 cm³/mol. The molecule has 0 aromatic heterocycles. The maximum atomic E-state index is 11.1. The van der Waals surface area contributed by atoms with Crippen LogP contribution in [0.2, 0.25) is 0 Å². The molecule has 0 aliphatic carbocycles. The van der Waals surface area contributed by atoms with E-state index in [1.54, 1.807) is 12.1 Å². The van der Waals surface area contributed by atoms with Crippen LogP contribution in [0.3, 0.4) is 0 Å². The maximum absolute atomic E-state index is 11.1. The molecule has 0 aliphatic rings. The van der Waals surface area contributed by atoms with E-state index in [2.05, 4.69) is 6.92 Å². The fourth-order valence-electron chi connectivity index (χ4n) is 1.55. The lowest BCUT2D eigenvalue weighted by Gasteiger charge is -2.16. The zero-order chi connectivity index (χ0) is 12.9. The molecule has 1 atom stereocenters. The lowest BCUT2D eigenvalue weighted by molar-refractivity contribution is 0.0504. The molecule has 0 radical (unpaired) electrons. The van der Waals surface area contributed by atoms with Gasteiger partial charge in [0.05, 0.1) is 11.0 Å². The Hall–Kier alpha value is -0.580. The van der Waals surface area contributed by atoms with Crippen molar-refractivity contribution in [2.75, 3.05) is 6.61 Å². The molecule has 1 aromatic carbocycles. The van der Waals surface area contributed by atoms with Crippen LogP contribution < -0.4 is 0 Å². The van der Waals surface area contributed by atoms with Gasteiger partial charge >= 0.3 is 0 Å². The van der Waals surface area contributed by atoms with Gasteiger partial charge in [0.1, 0.15) is 0 Å². The Labute approximate surface area is 107 Å². The minimum atomic E-state index is -3.64. The van der Waals surface area contributed by atoms with Crippen LogP contribution in [0, 0.1) is 0 Å². The third-order valence-electron chi connectivity index (χ3n) is 2.43. The van der Waals surface area contributed by atoms with Gasteiger partial charge < -0.3 is 4.74 Å². The zero-order valence-corrected chi connectivity index (χ0v) is 11.6. The fraction of sp³-hybridized carbons (Fsp3) is 0.500. The molecule has 17 heavy (non-hydrogen) atoms. The van der Waals surface area contributed by atoms with Crippen LogP contribution in [0.1, 0.15) is 38.4 Å². The van der Waals surface area contributed by atoms with E-state index in [1.807, 2.05) is 6.92 Å². The Balaban J connectivity index is 2.85. The molecule has 0 saturated heterocycles. The van der Waals surface area contributed by atoms with Crippen LogP contribution >= 0.6 is 10.7 Å². The Morgan fingerprint density at radius 3 is 2.24 bits per heavy atom. The van der Waals surface area contributed by atoms with Gasteiger partial charge in [0, 0.05) is 17.3 Å². The molecule has 0 saturated carbocycles. The summed E-state index contributed by atoms with van der Waals surface area (Å²) < 4.78 is 27.8. The molecule has 96 valence electrons. The number of benzene rings is 1. The quantitative estimate of drug-likeness (QED) is 0.747. The van der Waals surface area contributed by atoms with E-state index < -0.39 is 9.05 Å². The predicted octanol–water partition coefficient (Wildman–Crippen LogP) is 3.49. The van der Waals surface area contributed by atoms with Gasteiger partial charge in [-0.2, -0.15) is 0 Å². The lowest BCUT2D eigenvalue weighted by atomic mass is 10.1. The van der Waals surface area contributed by atoms with Crippen molar-refractivity contribution in [2.24, 2.45) is 0 Å². The van der Waals surface area contributed by atoms with Crippen molar-refractivity contribution in [2.45, 2.75) is 37.7 Å². The highest BCUT2D eigenvalue weighted by Crippen LogP contribution is 2.23. The van der Waals surface area contributed by atoms with E-state index in [0.717, 1.165) is 18.4 Å². The second-order valence-electron chi connectivity index (χ2n) is 3.77. The monoisotopic (exact) mass is 276 g/mol. The number of hydrogen-bond acceptors (Lipinski definition) is 3. The van der Waals surface area contributed by atoms with E-state index >= 15 is 0 Å². The summed E-state index contributed by atoms with van der Waals surface area (Å²) in [6, 6.07) is 6.52. The summed E-state index contributed by atoms with van der Waals surface area (Å²) in [4.78, 5) is 0.119. The van der Waals surface area contributed by atoms with Gasteiger partial charge in [0.2, 0.25) is 0 Å². The SMILES string of the molecule is CCCO[C@@H](CC)c1ccc(S(=O)(=O)Cl)cc1. The topological polar surface area (TPSA) is 43.4 Å². The van der Waals surface area contributed by atoms with Gasteiger partial charge in [-0.05, 0) is 30.5 Å². The molecule has 0 heterocycles. The van der Waals surface area contributed by atoms with E-state index in [-0.39, 0.29) is 11.0 Å². The summed E-state index contributed by atoms with van der Waals surface area (Å²) in [6.07, 6.45) is 1.83. The molecule has 1 rings (SSSR count). The van der Waals surface area contributed by atoms with Crippen molar-refractivity contribution in [3.63, 3.8) is 0 Å². The molecule has 0 N–H and O–H groups in total. The first-order valence-corrected chi connectivity index (χ1v) is 7.96. The van der Waals surface area contributed by atoms with Crippen molar-refractivity contribution in [1.29, 1.82) is 0 Å². The first kappa shape index (κ1) is 14.5. The second-order valence-corrected chi connectivity index (χ2v) is 6.34. The molecule has 0 bridgehead atoms. The van der Waals surface area contributed by atoms with E-state index in [0.29, 0.717) is 6.61 Å². The summed E-state index contributed by atoms with van der Waals surface area (Å²) >= 11 is 0. The summed E-state index contributed by atoms with van der Waals surface area (Å²) in [6.45, 7) is 4.79. The Morgan fingerprint density at radius 2 is 1.82 bits per heavy atom. The van der Waals surface area contributed by atoms with Gasteiger partial charge in [-0.25, -0.2) is 8.42 Å². The van der Waals surface area contributed by atoms with Crippen molar-refractivity contribution >= 4 is 19.7 Å². The molecule has 1 aromatic rings. The lowest BCUT2D eigenvalue weighted by Crippen LogP contribution is -2.04. The molecule has 5 heteroatoms. The van der Waals surface area contributed by atoms with Crippen LogP contribution in [-0.2, 0) is 13.8 Å². The van der Waals surface area contributed by atoms with Crippen molar-refractivity contribution in [3.05, 3.63) is 29.8 Å². The number of halogens is 1. The van der Waals surface area contributed by atoms with Gasteiger partial charge in [0.15, 0.2) is 0 Å². The zero-order valence-electron chi connectivity index (χ0n) is 10.0. The highest BCUT2D eigenvalue weighted by Gasteiger charge is 2.13. The van der Waals surface area contributed by atoms with Gasteiger partial charge in [-0.1, -0.05) is 26.0 Å². The number of ether oxygens (including phenoxy) is 1.